The van der Waals surface area contributed by atoms with Crippen LogP contribution in [0.25, 0.3) is 16.7 Å². The molecule has 0 radical (unpaired) electrons. The number of esters is 1. The molecule has 9 heteroatoms. The van der Waals surface area contributed by atoms with Gasteiger partial charge in [0, 0.05) is 12.3 Å². The molecule has 6 aromatic rings. The van der Waals surface area contributed by atoms with Gasteiger partial charge in [-0.3, -0.25) is 9.52 Å². The molecule has 0 fully saturated rings. The topological polar surface area (TPSA) is 103 Å². The number of aromatic nitrogens is 2. The third-order valence-electron chi connectivity index (χ3n) is 7.48. The lowest BCUT2D eigenvalue weighted by molar-refractivity contribution is -0.132. The number of fused-ring (bicyclic) bond motifs is 1. The molecule has 8 nitrogen and oxygen atoms in total. The fourth-order valence-corrected chi connectivity index (χ4v) is 6.84. The van der Waals surface area contributed by atoms with Gasteiger partial charge in [-0.2, -0.15) is 5.10 Å². The van der Waals surface area contributed by atoms with E-state index >= 15 is 0 Å². The van der Waals surface area contributed by atoms with E-state index in [4.69, 9.17) is 14.3 Å². The lowest BCUT2D eigenvalue weighted by Gasteiger charge is -2.20. The number of furan rings is 1. The van der Waals surface area contributed by atoms with E-state index in [0.717, 1.165) is 11.1 Å². The van der Waals surface area contributed by atoms with E-state index in [0.29, 0.717) is 44.9 Å². The Hall–Kier alpha value is -5.15. The van der Waals surface area contributed by atoms with E-state index in [-0.39, 0.29) is 10.8 Å². The first-order valence-electron chi connectivity index (χ1n) is 14.1. The van der Waals surface area contributed by atoms with Crippen molar-refractivity contribution in [3.63, 3.8) is 0 Å². The summed E-state index contributed by atoms with van der Waals surface area (Å²) in [5, 5.41) is 5.40. The molecular weight excluding hydrogens is 574 g/mol. The molecule has 0 saturated heterocycles. The van der Waals surface area contributed by atoms with Crippen LogP contribution in [-0.4, -0.2) is 24.2 Å². The molecule has 1 N–H and O–H groups in total. The number of benzene rings is 4. The molecule has 0 saturated carbocycles. The second-order valence-corrected chi connectivity index (χ2v) is 12.4. The SMILES string of the molecule is CC(=O)Oc1c(C(c2ccccc2)c2oc3cc(C)ccc3c2NS(=O)(=O)c2ccccc2C)c(C)nn1-c1ccccc1. The fourth-order valence-electron chi connectivity index (χ4n) is 5.50. The van der Waals surface area contributed by atoms with Gasteiger partial charge in [-0.15, -0.1) is 0 Å². The smallest absolute Gasteiger partial charge is 0.309 e. The highest BCUT2D eigenvalue weighted by Crippen LogP contribution is 2.47. The van der Waals surface area contributed by atoms with Gasteiger partial charge in [0.15, 0.2) is 0 Å². The van der Waals surface area contributed by atoms with Crippen molar-refractivity contribution < 1.29 is 22.4 Å². The number of sulfonamides is 1. The van der Waals surface area contributed by atoms with Gasteiger partial charge < -0.3 is 9.15 Å². The number of hydrogen-bond acceptors (Lipinski definition) is 6. The van der Waals surface area contributed by atoms with Crippen molar-refractivity contribution >= 4 is 32.6 Å². The van der Waals surface area contributed by atoms with Gasteiger partial charge in [-0.05, 0) is 67.8 Å². The summed E-state index contributed by atoms with van der Waals surface area (Å²) in [6, 6.07) is 31.4. The number of ether oxygens (including phenoxy) is 1. The third kappa shape index (κ3) is 5.38. The summed E-state index contributed by atoms with van der Waals surface area (Å²) in [6.07, 6.45) is 0. The average molecular weight is 606 g/mol. The van der Waals surface area contributed by atoms with E-state index in [1.165, 1.54) is 6.92 Å². The molecule has 0 spiro atoms. The van der Waals surface area contributed by atoms with Crippen LogP contribution in [0.5, 0.6) is 5.88 Å². The third-order valence-corrected chi connectivity index (χ3v) is 8.99. The number of para-hydroxylation sites is 1. The maximum atomic E-state index is 13.9. The van der Waals surface area contributed by atoms with E-state index in [2.05, 4.69) is 4.72 Å². The van der Waals surface area contributed by atoms with Gasteiger partial charge in [0.05, 0.1) is 33.4 Å². The molecule has 44 heavy (non-hydrogen) atoms. The van der Waals surface area contributed by atoms with E-state index in [1.54, 1.807) is 35.9 Å². The Morgan fingerprint density at radius 2 is 1.55 bits per heavy atom. The monoisotopic (exact) mass is 605 g/mol. The minimum absolute atomic E-state index is 0.164. The zero-order valence-corrected chi connectivity index (χ0v) is 25.6. The van der Waals surface area contributed by atoms with Gasteiger partial charge >= 0.3 is 5.97 Å². The van der Waals surface area contributed by atoms with Crippen LogP contribution in [0.15, 0.2) is 112 Å². The Morgan fingerprint density at radius 1 is 0.886 bits per heavy atom. The van der Waals surface area contributed by atoms with Crippen molar-refractivity contribution in [3.05, 3.63) is 137 Å². The second kappa shape index (κ2) is 11.5. The highest BCUT2D eigenvalue weighted by Gasteiger charge is 2.35. The van der Waals surface area contributed by atoms with Crippen molar-refractivity contribution in [2.75, 3.05) is 4.72 Å². The summed E-state index contributed by atoms with van der Waals surface area (Å²) in [6.45, 7) is 6.87. The molecule has 0 bridgehead atoms. The van der Waals surface area contributed by atoms with E-state index < -0.39 is 21.9 Å². The fraction of sp³-hybridized carbons (Fsp3) is 0.143. The van der Waals surface area contributed by atoms with Crippen LogP contribution in [-0.2, 0) is 14.8 Å². The van der Waals surface area contributed by atoms with Crippen molar-refractivity contribution in [1.29, 1.82) is 0 Å². The Kier molecular flexibility index (Phi) is 7.57. The highest BCUT2D eigenvalue weighted by molar-refractivity contribution is 7.92. The van der Waals surface area contributed by atoms with Crippen molar-refractivity contribution in [2.45, 2.75) is 38.5 Å². The van der Waals surface area contributed by atoms with Gasteiger partial charge in [0.1, 0.15) is 11.3 Å². The predicted octanol–water partition coefficient (Wildman–Crippen LogP) is 7.45. The number of carbonyl (C=O) groups excluding carboxylic acids is 1. The second-order valence-electron chi connectivity index (χ2n) is 10.7. The quantitative estimate of drug-likeness (QED) is 0.181. The van der Waals surface area contributed by atoms with Gasteiger partial charge in [-0.1, -0.05) is 72.8 Å². The van der Waals surface area contributed by atoms with Gasteiger partial charge in [0.2, 0.25) is 5.88 Å². The number of anilines is 1. The molecule has 0 aliphatic rings. The number of nitrogens with one attached hydrogen (secondary N) is 1. The molecule has 2 aromatic heterocycles. The molecule has 0 aliphatic carbocycles. The van der Waals surface area contributed by atoms with Gasteiger partial charge in [-0.25, -0.2) is 13.1 Å². The van der Waals surface area contributed by atoms with Crippen LogP contribution in [0.1, 0.15) is 46.5 Å². The minimum atomic E-state index is -4.03. The number of nitrogens with zero attached hydrogens (tertiary/aromatic N) is 2. The molecule has 0 aliphatic heterocycles. The van der Waals surface area contributed by atoms with Crippen LogP contribution >= 0.6 is 0 Å². The molecule has 6 rings (SSSR count). The molecule has 1 atom stereocenters. The standard InChI is InChI=1S/C35H31N3O5S/c1-22-19-20-28-29(21-22)43-34(33(28)37-44(40,41)30-18-12-11-13-23(30)2)32(26-14-7-5-8-15-26)31-24(3)36-38(35(31)42-25(4)39)27-16-9-6-10-17-27/h5-21,32,37H,1-4H3. The molecule has 1 unspecified atom stereocenters. The highest BCUT2D eigenvalue weighted by atomic mass is 32.2. The summed E-state index contributed by atoms with van der Waals surface area (Å²) >= 11 is 0. The van der Waals surface area contributed by atoms with E-state index in [9.17, 15) is 13.2 Å². The average Bonchev–Trinajstić information content (AvgIpc) is 3.50. The number of rotatable bonds is 8. The summed E-state index contributed by atoms with van der Waals surface area (Å²) in [5.74, 6) is -0.654. The van der Waals surface area contributed by atoms with Crippen LogP contribution in [0.3, 0.4) is 0 Å². The Labute approximate surface area is 256 Å². The normalized spacial score (nSPS) is 12.3. The summed E-state index contributed by atoms with van der Waals surface area (Å²) in [7, 11) is -4.03. The van der Waals surface area contributed by atoms with Crippen molar-refractivity contribution in [3.8, 4) is 11.6 Å². The van der Waals surface area contributed by atoms with Gasteiger partial charge in [0.25, 0.3) is 10.0 Å². The van der Waals surface area contributed by atoms with Crippen LogP contribution in [0.4, 0.5) is 5.69 Å². The maximum absolute atomic E-state index is 13.9. The van der Waals surface area contributed by atoms with Crippen molar-refractivity contribution in [1.82, 2.24) is 9.78 Å². The summed E-state index contributed by atoms with van der Waals surface area (Å²) in [5.41, 5.74) is 5.04. The first-order chi connectivity index (χ1) is 21.1. The summed E-state index contributed by atoms with van der Waals surface area (Å²) < 4.78 is 44.7. The molecule has 2 heterocycles. The molecule has 0 amide bonds. The first-order valence-corrected chi connectivity index (χ1v) is 15.6. The molecular formula is C35H31N3O5S. The predicted molar refractivity (Wildman–Crippen MR) is 170 cm³/mol. The number of aryl methyl sites for hydroxylation is 3. The molecule has 222 valence electrons. The largest absolute Gasteiger partial charge is 0.458 e. The van der Waals surface area contributed by atoms with Crippen LogP contribution in [0.2, 0.25) is 0 Å². The minimum Gasteiger partial charge on any atom is -0.458 e. The zero-order chi connectivity index (χ0) is 31.0. The van der Waals surface area contributed by atoms with Crippen molar-refractivity contribution in [2.24, 2.45) is 0 Å². The Bertz CT molecular complexity index is 2100. The molecule has 4 aromatic carbocycles. The lowest BCUT2D eigenvalue weighted by atomic mass is 9.88. The lowest BCUT2D eigenvalue weighted by Crippen LogP contribution is -2.17. The Morgan fingerprint density at radius 3 is 2.23 bits per heavy atom. The number of hydrogen-bond donors (Lipinski definition) is 1. The van der Waals surface area contributed by atoms with Crippen LogP contribution in [0, 0.1) is 20.8 Å². The first kappa shape index (κ1) is 28.9. The van der Waals surface area contributed by atoms with Crippen LogP contribution < -0.4 is 9.46 Å². The number of carbonyl (C=O) groups is 1. The Balaban J connectivity index is 1.65. The van der Waals surface area contributed by atoms with E-state index in [1.807, 2.05) is 92.7 Å². The zero-order valence-electron chi connectivity index (χ0n) is 24.7. The summed E-state index contributed by atoms with van der Waals surface area (Å²) in [4.78, 5) is 12.7. The maximum Gasteiger partial charge on any atom is 0.309 e.